The van der Waals surface area contributed by atoms with Gasteiger partial charge in [0.25, 0.3) is 0 Å². The van der Waals surface area contributed by atoms with E-state index >= 15 is 0 Å². The van der Waals surface area contributed by atoms with Crippen molar-refractivity contribution in [3.05, 3.63) is 0 Å². The quantitative estimate of drug-likeness (QED) is 0.0336. The molecule has 0 aliphatic carbocycles. The fraction of sp³-hybridized carbons (Fsp3) is 0.938. The summed E-state index contributed by atoms with van der Waals surface area (Å²) in [6, 6.07) is 0. The van der Waals surface area contributed by atoms with Gasteiger partial charge in [-0.15, -0.1) is 0 Å². The molecule has 3 unspecified atom stereocenters. The summed E-state index contributed by atoms with van der Waals surface area (Å²) in [7, 11) is 0. The van der Waals surface area contributed by atoms with Gasteiger partial charge in [0.1, 0.15) is 24.4 Å². The Morgan fingerprint density at radius 1 is 0.243 bits per heavy atom. The third kappa shape index (κ3) is 75.3. The van der Waals surface area contributed by atoms with Crippen molar-refractivity contribution in [1.82, 2.24) is 20.4 Å². The monoisotopic (exact) mass is 1570 g/mol. The number of unbranched alkanes of at least 4 members (excludes halogenated alkanes) is 46. The molecule has 0 heterocycles. The van der Waals surface area contributed by atoms with E-state index in [0.29, 0.717) is 51.9 Å². The average molecular weight is 1570 g/mol. The van der Waals surface area contributed by atoms with Gasteiger partial charge in [0, 0.05) is 64.2 Å². The fourth-order valence-corrected chi connectivity index (χ4v) is 15.6. The smallest absolute Gasteiger partial charge is 0.306 e. The van der Waals surface area contributed by atoms with Crippen molar-refractivity contribution in [2.75, 3.05) is 52.4 Å². The van der Waals surface area contributed by atoms with Crippen molar-refractivity contribution >= 4 is 35.7 Å². The molecule has 0 fully saturated rings. The maximum atomic E-state index is 13.6. The number of hydrogen-bond acceptors (Lipinski definition) is 12. The minimum absolute atomic E-state index is 0.00880. The Kier molecular flexibility index (Phi) is 82.2. The van der Waals surface area contributed by atoms with Crippen LogP contribution in [0.2, 0.25) is 0 Å². The topological polar surface area (TPSA) is 170 Å². The summed E-state index contributed by atoms with van der Waals surface area (Å²) >= 11 is 0. The first-order valence-corrected chi connectivity index (χ1v) is 49.1. The average Bonchev–Trinajstić information content (AvgIpc) is 0.946. The first-order valence-electron chi connectivity index (χ1n) is 49.1. The van der Waals surface area contributed by atoms with Crippen LogP contribution in [-0.4, -0.2) is 122 Å². The Bertz CT molecular complexity index is 2010. The molecule has 0 saturated carbocycles. The number of hydrogen-bond donors (Lipinski definition) is 2. The second-order valence-electron chi connectivity index (χ2n) is 34.1. The van der Waals surface area contributed by atoms with Crippen LogP contribution in [0.4, 0.5) is 0 Å². The van der Waals surface area contributed by atoms with Gasteiger partial charge in [-0.05, 0) is 167 Å². The van der Waals surface area contributed by atoms with E-state index in [1.54, 1.807) is 0 Å². The molecule has 0 aromatic rings. The highest BCUT2D eigenvalue weighted by Gasteiger charge is 2.21. The Labute approximate surface area is 688 Å². The molecule has 0 bridgehead atoms. The van der Waals surface area contributed by atoms with Gasteiger partial charge in [0.2, 0.25) is 11.8 Å². The van der Waals surface area contributed by atoms with Crippen molar-refractivity contribution in [3.8, 4) is 0 Å². The van der Waals surface area contributed by atoms with E-state index in [-0.39, 0.29) is 66.5 Å². The summed E-state index contributed by atoms with van der Waals surface area (Å²) < 4.78 is 24.2. The zero-order valence-electron chi connectivity index (χ0n) is 75.3. The molecule has 0 aromatic carbocycles. The van der Waals surface area contributed by atoms with E-state index in [0.717, 1.165) is 219 Å². The number of rotatable bonds is 89. The first kappa shape index (κ1) is 108. The van der Waals surface area contributed by atoms with E-state index in [2.05, 4.69) is 75.8 Å². The lowest BCUT2D eigenvalue weighted by molar-refractivity contribution is -0.151. The van der Waals surface area contributed by atoms with Crippen LogP contribution < -0.4 is 10.6 Å². The SMILES string of the molecule is CCCCCCCCCCC(CC)OC(=O)CCCCCN(CCCCCCCC(=O)OC(CCCCCCCC)CCCCCCCC)CCNC(=O)CC(C)C(=O)NCCN(CCCCCCCC(=O)OC(CCCCCCCC)CCCCCCCC)CCCCCC(=O)OC(CC)CCCCCCCCCC. The second-order valence-corrected chi connectivity index (χ2v) is 34.1. The zero-order valence-corrected chi connectivity index (χ0v) is 75.3. The van der Waals surface area contributed by atoms with Crippen LogP contribution in [0.1, 0.15) is 505 Å². The highest BCUT2D eigenvalue weighted by Crippen LogP contribution is 2.23. The Morgan fingerprint density at radius 2 is 0.450 bits per heavy atom. The lowest BCUT2D eigenvalue weighted by atomic mass is 10.0. The van der Waals surface area contributed by atoms with Crippen LogP contribution >= 0.6 is 0 Å². The molecule has 2 N–H and O–H groups in total. The Balaban J connectivity index is 5.64. The molecule has 14 nitrogen and oxygen atoms in total. The minimum atomic E-state index is -0.478. The van der Waals surface area contributed by atoms with Gasteiger partial charge >= 0.3 is 23.9 Å². The third-order valence-electron chi connectivity index (χ3n) is 23.2. The number of carbonyl (C=O) groups is 6. The highest BCUT2D eigenvalue weighted by atomic mass is 16.6. The summed E-state index contributed by atoms with van der Waals surface area (Å²) in [5, 5.41) is 6.33. The molecular formula is C97H188N4O10. The van der Waals surface area contributed by atoms with Gasteiger partial charge in [-0.1, -0.05) is 332 Å². The van der Waals surface area contributed by atoms with Crippen molar-refractivity contribution in [2.45, 2.75) is 530 Å². The molecule has 2 amide bonds. The highest BCUT2D eigenvalue weighted by molar-refractivity contribution is 5.85. The molecular weight excluding hydrogens is 1380 g/mol. The Hall–Kier alpha value is -3.26. The number of carbonyl (C=O) groups excluding carboxylic acids is 6. The third-order valence-corrected chi connectivity index (χ3v) is 23.2. The molecule has 0 aliphatic heterocycles. The lowest BCUT2D eigenvalue weighted by Gasteiger charge is -2.23. The normalized spacial score (nSPS) is 12.5. The number of nitrogens with one attached hydrogen (secondary N) is 2. The van der Waals surface area contributed by atoms with Crippen LogP contribution in [0.15, 0.2) is 0 Å². The zero-order chi connectivity index (χ0) is 81.2. The maximum absolute atomic E-state index is 13.6. The van der Waals surface area contributed by atoms with Crippen LogP contribution in [0.25, 0.3) is 0 Å². The van der Waals surface area contributed by atoms with E-state index in [1.165, 1.54) is 218 Å². The number of ether oxygens (including phenoxy) is 4. The number of esters is 4. The van der Waals surface area contributed by atoms with Crippen LogP contribution in [0.5, 0.6) is 0 Å². The minimum Gasteiger partial charge on any atom is -0.462 e. The summed E-state index contributed by atoms with van der Waals surface area (Å²) in [4.78, 5) is 84.4. The predicted octanol–water partition coefficient (Wildman–Crippen LogP) is 27.2. The summed E-state index contributed by atoms with van der Waals surface area (Å²) in [6.07, 6.45) is 75.5. The van der Waals surface area contributed by atoms with Gasteiger partial charge < -0.3 is 39.4 Å². The van der Waals surface area contributed by atoms with Gasteiger partial charge in [-0.2, -0.15) is 0 Å². The van der Waals surface area contributed by atoms with Gasteiger partial charge in [-0.25, -0.2) is 0 Å². The molecule has 0 spiro atoms. The standard InChI is InChI=1S/C97H188N4O10/c1-10-18-24-30-36-38-46-54-68-88(16-7)108-93(103)76-62-52-66-82-100(80-64-50-40-48-60-74-95(105)110-90(70-56-42-32-26-20-12-3)71-57-43-33-27-21-13-4)84-78-98-92(102)86-87(9)97(107)99-79-85-101(83-67-53-63-77-94(104)109-89(17-8)69-55-47-39-37-31-25-19-11-2)81-65-51-41-49-61-75-96(106)111-91(72-58-44-34-28-22-14-5)73-59-45-35-29-23-15-6/h87-91H,10-86H2,1-9H3,(H,98,102)(H,99,107). The number of amides is 2. The van der Waals surface area contributed by atoms with Crippen LogP contribution in [0.3, 0.4) is 0 Å². The first-order chi connectivity index (χ1) is 54.3. The van der Waals surface area contributed by atoms with Gasteiger partial charge in [-0.3, -0.25) is 28.8 Å². The van der Waals surface area contributed by atoms with E-state index in [1.807, 2.05) is 6.92 Å². The fourth-order valence-electron chi connectivity index (χ4n) is 15.6. The van der Waals surface area contributed by atoms with Crippen molar-refractivity contribution < 1.29 is 47.7 Å². The van der Waals surface area contributed by atoms with Crippen LogP contribution in [0, 0.1) is 5.92 Å². The molecule has 0 saturated heterocycles. The number of nitrogens with zero attached hydrogens (tertiary/aromatic N) is 2. The van der Waals surface area contributed by atoms with Gasteiger partial charge in [0.15, 0.2) is 0 Å². The van der Waals surface area contributed by atoms with E-state index in [4.69, 9.17) is 18.9 Å². The Morgan fingerprint density at radius 3 is 0.712 bits per heavy atom. The largest absolute Gasteiger partial charge is 0.462 e. The molecule has 3 atom stereocenters. The molecule has 656 valence electrons. The van der Waals surface area contributed by atoms with Crippen molar-refractivity contribution in [1.29, 1.82) is 0 Å². The molecule has 14 heteroatoms. The molecule has 0 aliphatic rings. The van der Waals surface area contributed by atoms with Gasteiger partial charge in [0.05, 0.1) is 0 Å². The summed E-state index contributed by atoms with van der Waals surface area (Å²) in [6.45, 7) is 25.6. The second kappa shape index (κ2) is 84.6. The summed E-state index contributed by atoms with van der Waals surface area (Å²) in [5.41, 5.74) is 0. The predicted molar refractivity (Wildman–Crippen MR) is 472 cm³/mol. The maximum Gasteiger partial charge on any atom is 0.306 e. The molecule has 0 aromatic heterocycles. The lowest BCUT2D eigenvalue weighted by Crippen LogP contribution is -2.40. The van der Waals surface area contributed by atoms with E-state index < -0.39 is 5.92 Å². The molecule has 0 radical (unpaired) electrons. The van der Waals surface area contributed by atoms with Crippen molar-refractivity contribution in [2.24, 2.45) is 5.92 Å². The molecule has 111 heavy (non-hydrogen) atoms. The molecule has 0 rings (SSSR count). The van der Waals surface area contributed by atoms with E-state index in [9.17, 15) is 28.8 Å². The van der Waals surface area contributed by atoms with Crippen molar-refractivity contribution in [3.63, 3.8) is 0 Å². The van der Waals surface area contributed by atoms with Crippen LogP contribution in [-0.2, 0) is 47.7 Å². The summed E-state index contributed by atoms with van der Waals surface area (Å²) in [5.74, 6) is -0.914.